The Morgan fingerprint density at radius 1 is 0.727 bits per heavy atom. The summed E-state index contributed by atoms with van der Waals surface area (Å²) in [5.74, 6) is -6.71. The van der Waals surface area contributed by atoms with Crippen LogP contribution in [0.5, 0.6) is 5.75 Å². The van der Waals surface area contributed by atoms with Crippen LogP contribution < -0.4 is 26.6 Å². The fourth-order valence-corrected chi connectivity index (χ4v) is 7.29. The number of carbonyl (C=O) groups excluding carboxylic acids is 7. The van der Waals surface area contributed by atoms with Gasteiger partial charge in [-0.2, -0.15) is 0 Å². The van der Waals surface area contributed by atoms with Crippen molar-refractivity contribution in [2.75, 3.05) is 13.1 Å². The number of hydrogen-bond acceptors (Lipinski definition) is 9. The van der Waals surface area contributed by atoms with Crippen molar-refractivity contribution >= 4 is 47.3 Å². The van der Waals surface area contributed by atoms with Gasteiger partial charge in [0.2, 0.25) is 41.4 Å². The minimum absolute atomic E-state index is 0.0337. The van der Waals surface area contributed by atoms with Crippen LogP contribution in [0.4, 0.5) is 0 Å². The molecule has 1 aromatic carbocycles. The van der Waals surface area contributed by atoms with E-state index in [1.54, 1.807) is 19.1 Å². The van der Waals surface area contributed by atoms with E-state index in [2.05, 4.69) is 26.6 Å². The summed E-state index contributed by atoms with van der Waals surface area (Å²) in [6.07, 6.45) is 1.06. The van der Waals surface area contributed by atoms with E-state index >= 15 is 0 Å². The molecule has 4 rings (SSSR count). The molecule has 0 aliphatic carbocycles. The van der Waals surface area contributed by atoms with Gasteiger partial charge in [-0.1, -0.05) is 46.2 Å². The van der Waals surface area contributed by atoms with Crippen LogP contribution in [0.2, 0.25) is 0 Å². The molecule has 3 fully saturated rings. The van der Waals surface area contributed by atoms with Gasteiger partial charge in [-0.15, -0.1) is 0 Å². The van der Waals surface area contributed by atoms with Gasteiger partial charge in [-0.05, 0) is 68.6 Å². The number of carboxylic acid groups (broad SMARTS) is 1. The molecule has 3 aliphatic heterocycles. The zero-order chi connectivity index (χ0) is 40.6. The molecule has 0 radical (unpaired) electrons. The van der Waals surface area contributed by atoms with Crippen molar-refractivity contribution in [2.24, 2.45) is 11.8 Å². The number of aromatic hydroxyl groups is 1. The Hall–Kier alpha value is -5.22. The maximum atomic E-state index is 14.2. The van der Waals surface area contributed by atoms with Crippen LogP contribution >= 0.6 is 0 Å². The second-order valence-electron chi connectivity index (χ2n) is 15.3. The molecule has 0 saturated carbocycles. The van der Waals surface area contributed by atoms with E-state index in [0.29, 0.717) is 24.8 Å². The normalized spacial score (nSPS) is 28.3. The molecule has 7 N–H and O–H groups in total. The third kappa shape index (κ3) is 10.9. The number of carboxylic acids is 1. The van der Waals surface area contributed by atoms with E-state index < -0.39 is 96.0 Å². The fourth-order valence-electron chi connectivity index (χ4n) is 7.29. The zero-order valence-electron chi connectivity index (χ0n) is 32.1. The van der Waals surface area contributed by atoms with Crippen molar-refractivity contribution in [3.05, 3.63) is 29.8 Å². The molecule has 7 amide bonds. The van der Waals surface area contributed by atoms with Crippen LogP contribution in [0.15, 0.2) is 24.3 Å². The summed E-state index contributed by atoms with van der Waals surface area (Å²) in [7, 11) is 0. The largest absolute Gasteiger partial charge is 0.508 e. The van der Waals surface area contributed by atoms with Crippen molar-refractivity contribution in [3.8, 4) is 5.75 Å². The highest BCUT2D eigenvalue weighted by molar-refractivity contribution is 5.99. The Morgan fingerprint density at radius 3 is 1.80 bits per heavy atom. The molecule has 17 nitrogen and oxygen atoms in total. The lowest BCUT2D eigenvalue weighted by molar-refractivity contribution is -0.146. The standard InChI is InChI=1S/C38H55N7O10/c1-6-21(4)31-38(55)45-16-8-10-29(45)36(53)41-26(18-23-11-13-24(46)14-12-23)34(51)42-27(19-30(47)48)37(54)44-15-7-9-28(44)35(52)40-25(17-20(2)3)33(50)39-22(5)32(49)43-31/h11-14,20-22,25-29,31,46H,6-10,15-19H2,1-5H3,(H,39,50)(H,40,52)(H,41,53)(H,42,51)(H,43,49)(H,47,48). The number of benzene rings is 1. The van der Waals surface area contributed by atoms with Crippen molar-refractivity contribution < 1.29 is 48.6 Å². The van der Waals surface area contributed by atoms with Gasteiger partial charge in [0.1, 0.15) is 48.0 Å². The quantitative estimate of drug-likeness (QED) is 0.186. The molecule has 55 heavy (non-hydrogen) atoms. The van der Waals surface area contributed by atoms with E-state index in [-0.39, 0.29) is 56.4 Å². The third-order valence-electron chi connectivity index (χ3n) is 10.5. The summed E-state index contributed by atoms with van der Waals surface area (Å²) < 4.78 is 0. The first-order valence-corrected chi connectivity index (χ1v) is 19.1. The van der Waals surface area contributed by atoms with Crippen LogP contribution in [0, 0.1) is 11.8 Å². The Balaban J connectivity index is 1.77. The van der Waals surface area contributed by atoms with Gasteiger partial charge in [0, 0.05) is 19.5 Å². The smallest absolute Gasteiger partial charge is 0.305 e. The number of aliphatic carboxylic acids is 1. The first-order chi connectivity index (χ1) is 26.0. The summed E-state index contributed by atoms with van der Waals surface area (Å²) in [5, 5.41) is 33.0. The molecule has 3 aliphatic rings. The Labute approximate surface area is 320 Å². The van der Waals surface area contributed by atoms with E-state index in [1.165, 1.54) is 28.9 Å². The predicted molar refractivity (Wildman–Crippen MR) is 198 cm³/mol. The lowest BCUT2D eigenvalue weighted by atomic mass is 9.96. The fraction of sp³-hybridized carbons (Fsp3) is 0.632. The first-order valence-electron chi connectivity index (χ1n) is 19.1. The molecule has 17 heteroatoms. The summed E-state index contributed by atoms with van der Waals surface area (Å²) >= 11 is 0. The molecular formula is C38H55N7O10. The molecule has 302 valence electrons. The monoisotopic (exact) mass is 769 g/mol. The maximum absolute atomic E-state index is 14.2. The molecule has 0 spiro atoms. The highest BCUT2D eigenvalue weighted by atomic mass is 16.4. The van der Waals surface area contributed by atoms with Crippen molar-refractivity contribution in [3.63, 3.8) is 0 Å². The first kappa shape index (κ1) is 42.5. The molecule has 0 aromatic heterocycles. The maximum Gasteiger partial charge on any atom is 0.305 e. The average molecular weight is 770 g/mol. The number of nitrogens with zero attached hydrogens (tertiary/aromatic N) is 2. The van der Waals surface area contributed by atoms with E-state index in [0.717, 1.165) is 0 Å². The van der Waals surface area contributed by atoms with E-state index in [9.17, 15) is 48.6 Å². The highest BCUT2D eigenvalue weighted by Crippen LogP contribution is 2.24. The van der Waals surface area contributed by atoms with Crippen LogP contribution in [0.1, 0.15) is 85.1 Å². The molecule has 3 heterocycles. The van der Waals surface area contributed by atoms with Gasteiger partial charge in [-0.25, -0.2) is 0 Å². The van der Waals surface area contributed by atoms with Gasteiger partial charge in [0.15, 0.2) is 0 Å². The third-order valence-corrected chi connectivity index (χ3v) is 10.5. The predicted octanol–water partition coefficient (Wildman–Crippen LogP) is -0.0589. The van der Waals surface area contributed by atoms with Crippen molar-refractivity contribution in [1.29, 1.82) is 0 Å². The van der Waals surface area contributed by atoms with Crippen LogP contribution in [0.3, 0.4) is 0 Å². The Kier molecular flexibility index (Phi) is 14.6. The van der Waals surface area contributed by atoms with Gasteiger partial charge in [0.05, 0.1) is 6.42 Å². The minimum atomic E-state index is -1.62. The second-order valence-corrected chi connectivity index (χ2v) is 15.3. The van der Waals surface area contributed by atoms with Gasteiger partial charge < -0.3 is 46.6 Å². The molecule has 1 aromatic rings. The van der Waals surface area contributed by atoms with E-state index in [4.69, 9.17) is 0 Å². The summed E-state index contributed by atoms with van der Waals surface area (Å²) in [5.41, 5.74) is 0.522. The minimum Gasteiger partial charge on any atom is -0.508 e. The lowest BCUT2D eigenvalue weighted by Gasteiger charge is -2.33. The molecule has 0 bridgehead atoms. The SMILES string of the molecule is CCC(C)C1NC(=O)C(C)NC(=O)C(CC(C)C)NC(=O)C2CCCN2C(=O)C(CC(=O)O)NC(=O)C(Cc2ccc(O)cc2)NC(=O)C2CCCN2C1=O. The summed E-state index contributed by atoms with van der Waals surface area (Å²) in [6.45, 7) is 9.07. The Bertz CT molecular complexity index is 1620. The number of fused-ring (bicyclic) bond motifs is 2. The van der Waals surface area contributed by atoms with E-state index in [1.807, 2.05) is 20.8 Å². The number of phenols is 1. The number of hydrogen-bond donors (Lipinski definition) is 7. The summed E-state index contributed by atoms with van der Waals surface area (Å²) in [6, 6.07) is -2.48. The van der Waals surface area contributed by atoms with Crippen LogP contribution in [-0.2, 0) is 44.8 Å². The van der Waals surface area contributed by atoms with Crippen LogP contribution in [-0.4, -0.2) is 123 Å². The number of rotatable bonds is 8. The lowest BCUT2D eigenvalue weighted by Crippen LogP contribution is -2.60. The number of amides is 7. The average Bonchev–Trinajstić information content (AvgIpc) is 3.83. The zero-order valence-corrected chi connectivity index (χ0v) is 32.1. The summed E-state index contributed by atoms with van der Waals surface area (Å²) in [4.78, 5) is 112. The molecule has 8 atom stereocenters. The number of carbonyl (C=O) groups is 8. The van der Waals surface area contributed by atoms with Crippen molar-refractivity contribution in [2.45, 2.75) is 128 Å². The topological polar surface area (TPSA) is 244 Å². The van der Waals surface area contributed by atoms with Crippen LogP contribution in [0.25, 0.3) is 0 Å². The Morgan fingerprint density at radius 2 is 1.25 bits per heavy atom. The van der Waals surface area contributed by atoms with Crippen molar-refractivity contribution in [1.82, 2.24) is 36.4 Å². The number of phenolic OH excluding ortho intramolecular Hbond substituents is 1. The van der Waals surface area contributed by atoms with Gasteiger partial charge in [-0.3, -0.25) is 38.4 Å². The number of nitrogens with one attached hydrogen (secondary N) is 5. The molecule has 3 saturated heterocycles. The highest BCUT2D eigenvalue weighted by Gasteiger charge is 2.43. The van der Waals surface area contributed by atoms with Gasteiger partial charge >= 0.3 is 5.97 Å². The molecule has 8 unspecified atom stereocenters. The second kappa shape index (κ2) is 18.9. The van der Waals surface area contributed by atoms with Gasteiger partial charge in [0.25, 0.3) is 0 Å². The molecular weight excluding hydrogens is 714 g/mol.